The molecule has 2 aromatic rings. The van der Waals surface area contributed by atoms with Crippen LogP contribution in [0.4, 0.5) is 4.39 Å². The first-order chi connectivity index (χ1) is 12.6. The van der Waals surface area contributed by atoms with Crippen molar-refractivity contribution < 1.29 is 23.8 Å². The summed E-state index contributed by atoms with van der Waals surface area (Å²) in [4.78, 5) is 12.1. The fourth-order valence-corrected chi connectivity index (χ4v) is 2.82. The third-order valence-corrected chi connectivity index (χ3v) is 4.38. The van der Waals surface area contributed by atoms with Crippen molar-refractivity contribution in [2.24, 2.45) is 5.92 Å². The first-order valence-electron chi connectivity index (χ1n) is 8.67. The highest BCUT2D eigenvalue weighted by molar-refractivity contribution is 5.94. The number of carbonyl (C=O) groups is 1. The van der Waals surface area contributed by atoms with E-state index in [0.717, 1.165) is 12.8 Å². The lowest BCUT2D eigenvalue weighted by atomic mass is 9.99. The number of hydrogen-bond donors (Lipinski definition) is 2. The first-order valence-corrected chi connectivity index (χ1v) is 8.67. The largest absolute Gasteiger partial charge is 0.508 e. The summed E-state index contributed by atoms with van der Waals surface area (Å²) in [7, 11) is 0. The van der Waals surface area contributed by atoms with Crippen LogP contribution in [0.25, 0.3) is 0 Å². The van der Waals surface area contributed by atoms with E-state index >= 15 is 0 Å². The molecule has 1 heterocycles. The minimum atomic E-state index is -0.282. The second kappa shape index (κ2) is 8.67. The summed E-state index contributed by atoms with van der Waals surface area (Å²) in [5.41, 5.74) is 0.504. The molecule has 0 saturated carbocycles. The molecule has 1 saturated heterocycles. The minimum absolute atomic E-state index is 0.0156. The maximum atomic E-state index is 12.9. The van der Waals surface area contributed by atoms with E-state index in [1.54, 1.807) is 24.3 Å². The van der Waals surface area contributed by atoms with Crippen LogP contribution < -0.4 is 10.1 Å². The molecular formula is C20H22FNO4. The summed E-state index contributed by atoms with van der Waals surface area (Å²) < 4.78 is 24.3. The zero-order chi connectivity index (χ0) is 18.4. The number of phenols is 1. The predicted octanol–water partition coefficient (Wildman–Crippen LogP) is 3.14. The van der Waals surface area contributed by atoms with Crippen molar-refractivity contribution in [3.63, 3.8) is 0 Å². The van der Waals surface area contributed by atoms with Crippen molar-refractivity contribution in [2.75, 3.05) is 19.8 Å². The summed E-state index contributed by atoms with van der Waals surface area (Å²) in [5.74, 6) is 0.593. The Hall–Kier alpha value is -2.60. The monoisotopic (exact) mass is 359 g/mol. The van der Waals surface area contributed by atoms with Crippen molar-refractivity contribution in [3.8, 4) is 11.5 Å². The molecule has 2 N–H and O–H groups in total. The molecule has 0 aromatic heterocycles. The van der Waals surface area contributed by atoms with Crippen LogP contribution in [0.3, 0.4) is 0 Å². The molecular weight excluding hydrogens is 337 g/mol. The van der Waals surface area contributed by atoms with Gasteiger partial charge in [-0.15, -0.1) is 0 Å². The molecule has 138 valence electrons. The topological polar surface area (TPSA) is 67.8 Å². The molecule has 5 nitrogen and oxygen atoms in total. The fraction of sp³-hybridized carbons (Fsp3) is 0.350. The molecule has 0 radical (unpaired) electrons. The lowest BCUT2D eigenvalue weighted by molar-refractivity contribution is -0.0251. The highest BCUT2D eigenvalue weighted by Gasteiger charge is 2.22. The van der Waals surface area contributed by atoms with Crippen molar-refractivity contribution in [2.45, 2.75) is 18.9 Å². The molecule has 1 aliphatic rings. The van der Waals surface area contributed by atoms with E-state index < -0.39 is 0 Å². The number of carbonyl (C=O) groups excluding carboxylic acids is 1. The molecule has 1 aliphatic heterocycles. The van der Waals surface area contributed by atoms with Crippen molar-refractivity contribution in [1.82, 2.24) is 5.32 Å². The standard InChI is InChI=1S/C20H22FNO4/c21-16-4-9-18(10-5-16)25-12-14-1-8-19(26-13-14)11-22-20(24)15-2-6-17(23)7-3-15/h2-7,9-10,14,19,23H,1,8,11-13H2,(H,22,24)/t14-,19+/m0/s1. The Bertz CT molecular complexity index is 710. The number of ether oxygens (including phenoxy) is 2. The molecule has 0 spiro atoms. The van der Waals surface area contributed by atoms with Gasteiger partial charge in [0.2, 0.25) is 0 Å². The number of halogens is 1. The maximum Gasteiger partial charge on any atom is 0.251 e. The van der Waals surface area contributed by atoms with Crippen LogP contribution in [0.5, 0.6) is 11.5 Å². The van der Waals surface area contributed by atoms with Crippen LogP contribution in [0, 0.1) is 11.7 Å². The van der Waals surface area contributed by atoms with E-state index in [0.29, 0.717) is 31.1 Å². The molecule has 0 aliphatic carbocycles. The number of amides is 1. The lowest BCUT2D eigenvalue weighted by Crippen LogP contribution is -2.38. The van der Waals surface area contributed by atoms with Gasteiger partial charge < -0.3 is 19.9 Å². The Morgan fingerprint density at radius 3 is 2.54 bits per heavy atom. The average molecular weight is 359 g/mol. The average Bonchev–Trinajstić information content (AvgIpc) is 2.67. The molecule has 6 heteroatoms. The van der Waals surface area contributed by atoms with E-state index in [2.05, 4.69) is 5.32 Å². The number of phenolic OH excluding ortho intramolecular Hbond substituents is 1. The predicted molar refractivity (Wildman–Crippen MR) is 94.8 cm³/mol. The molecule has 0 unspecified atom stereocenters. The Kier molecular flexibility index (Phi) is 6.07. The van der Waals surface area contributed by atoms with Gasteiger partial charge in [0.1, 0.15) is 17.3 Å². The highest BCUT2D eigenvalue weighted by atomic mass is 19.1. The van der Waals surface area contributed by atoms with Crippen molar-refractivity contribution in [3.05, 3.63) is 59.9 Å². The van der Waals surface area contributed by atoms with Crippen LogP contribution in [0.1, 0.15) is 23.2 Å². The zero-order valence-electron chi connectivity index (χ0n) is 14.4. The third kappa shape index (κ3) is 5.20. The van der Waals surface area contributed by atoms with Crippen LogP contribution >= 0.6 is 0 Å². The van der Waals surface area contributed by atoms with Gasteiger partial charge in [0.25, 0.3) is 5.91 Å². The smallest absolute Gasteiger partial charge is 0.251 e. The number of aromatic hydroxyl groups is 1. The van der Waals surface area contributed by atoms with Gasteiger partial charge in [-0.1, -0.05) is 0 Å². The van der Waals surface area contributed by atoms with Gasteiger partial charge in [0.15, 0.2) is 0 Å². The summed E-state index contributed by atoms with van der Waals surface area (Å²) in [5, 5.41) is 12.1. The summed E-state index contributed by atoms with van der Waals surface area (Å²) in [6.07, 6.45) is 1.77. The van der Waals surface area contributed by atoms with Crippen molar-refractivity contribution >= 4 is 5.91 Å². The minimum Gasteiger partial charge on any atom is -0.508 e. The lowest BCUT2D eigenvalue weighted by Gasteiger charge is -2.29. The number of rotatable bonds is 6. The molecule has 26 heavy (non-hydrogen) atoms. The SMILES string of the molecule is O=C(NC[C@H]1CC[C@@H](COc2ccc(F)cc2)CO1)c1ccc(O)cc1. The first kappa shape index (κ1) is 18.2. The Morgan fingerprint density at radius 2 is 1.88 bits per heavy atom. The Morgan fingerprint density at radius 1 is 1.15 bits per heavy atom. The Labute approximate surface area is 151 Å². The maximum absolute atomic E-state index is 12.9. The molecule has 2 atom stereocenters. The van der Waals surface area contributed by atoms with Crippen LogP contribution in [0.15, 0.2) is 48.5 Å². The number of nitrogens with one attached hydrogen (secondary N) is 1. The van der Waals surface area contributed by atoms with E-state index in [-0.39, 0.29) is 29.5 Å². The van der Waals surface area contributed by atoms with E-state index in [9.17, 15) is 14.3 Å². The molecule has 0 bridgehead atoms. The molecule has 2 aromatic carbocycles. The Balaban J connectivity index is 1.36. The fourth-order valence-electron chi connectivity index (χ4n) is 2.82. The number of hydrogen-bond acceptors (Lipinski definition) is 4. The zero-order valence-corrected chi connectivity index (χ0v) is 14.4. The molecule has 1 amide bonds. The molecule has 1 fully saturated rings. The second-order valence-corrected chi connectivity index (χ2v) is 6.42. The van der Waals surface area contributed by atoms with Gasteiger partial charge >= 0.3 is 0 Å². The van der Waals surface area contributed by atoms with Crippen LogP contribution in [0.2, 0.25) is 0 Å². The van der Waals surface area contributed by atoms with E-state index in [4.69, 9.17) is 9.47 Å². The third-order valence-electron chi connectivity index (χ3n) is 4.38. The van der Waals surface area contributed by atoms with Crippen molar-refractivity contribution in [1.29, 1.82) is 0 Å². The van der Waals surface area contributed by atoms with Gasteiger partial charge in [0.05, 0.1) is 19.3 Å². The summed E-state index contributed by atoms with van der Waals surface area (Å²) in [6.45, 7) is 1.55. The van der Waals surface area contributed by atoms with Crippen LogP contribution in [-0.2, 0) is 4.74 Å². The van der Waals surface area contributed by atoms with Gasteiger partial charge in [-0.05, 0) is 61.4 Å². The molecule has 3 rings (SSSR count). The second-order valence-electron chi connectivity index (χ2n) is 6.42. The quantitative estimate of drug-likeness (QED) is 0.832. The van der Waals surface area contributed by atoms with E-state index in [1.807, 2.05) is 0 Å². The summed E-state index contributed by atoms with van der Waals surface area (Å²) >= 11 is 0. The van der Waals surface area contributed by atoms with Gasteiger partial charge in [-0.2, -0.15) is 0 Å². The highest BCUT2D eigenvalue weighted by Crippen LogP contribution is 2.21. The summed E-state index contributed by atoms with van der Waals surface area (Å²) in [6, 6.07) is 12.1. The number of benzene rings is 2. The van der Waals surface area contributed by atoms with Gasteiger partial charge in [0, 0.05) is 18.0 Å². The van der Waals surface area contributed by atoms with Crippen LogP contribution in [-0.4, -0.2) is 36.9 Å². The van der Waals surface area contributed by atoms with Gasteiger partial charge in [-0.25, -0.2) is 4.39 Å². The van der Waals surface area contributed by atoms with Gasteiger partial charge in [-0.3, -0.25) is 4.79 Å². The normalized spacial score (nSPS) is 19.7. The van der Waals surface area contributed by atoms with E-state index in [1.165, 1.54) is 24.3 Å².